The standard InChI is InChI=1S/C23H21BN2O4/c1-25(14-18-13-19(26(29)30)10-11-23(18)24(27)28)15-22-20-8-4-2-6-16(20)12-17-7-3-5-9-21(17)22/h2-13,27-28H,14-15H2,1H3. The third-order valence-electron chi connectivity index (χ3n) is 5.37. The van der Waals surface area contributed by atoms with Crippen LogP contribution in [0, 0.1) is 10.1 Å². The number of nitro groups is 1. The van der Waals surface area contributed by atoms with Crippen LogP contribution < -0.4 is 5.46 Å². The van der Waals surface area contributed by atoms with Gasteiger partial charge in [-0.25, -0.2) is 0 Å². The lowest BCUT2D eigenvalue weighted by Crippen LogP contribution is -2.35. The van der Waals surface area contributed by atoms with E-state index in [-0.39, 0.29) is 11.2 Å². The van der Waals surface area contributed by atoms with E-state index in [1.807, 2.05) is 36.2 Å². The van der Waals surface area contributed by atoms with Crippen molar-refractivity contribution in [3.63, 3.8) is 0 Å². The zero-order chi connectivity index (χ0) is 21.3. The van der Waals surface area contributed by atoms with Crippen LogP contribution in [0.15, 0.2) is 72.8 Å². The zero-order valence-electron chi connectivity index (χ0n) is 16.5. The molecule has 0 fully saturated rings. The molecule has 0 atom stereocenters. The summed E-state index contributed by atoms with van der Waals surface area (Å²) in [6.45, 7) is 0.942. The molecule has 2 N–H and O–H groups in total. The van der Waals surface area contributed by atoms with Gasteiger partial charge in [-0.2, -0.15) is 0 Å². The Kier molecular flexibility index (Phi) is 5.50. The molecule has 0 saturated carbocycles. The van der Waals surface area contributed by atoms with E-state index in [1.54, 1.807) is 0 Å². The maximum Gasteiger partial charge on any atom is 0.488 e. The van der Waals surface area contributed by atoms with Gasteiger partial charge < -0.3 is 10.0 Å². The molecule has 0 aliphatic carbocycles. The zero-order valence-corrected chi connectivity index (χ0v) is 16.5. The Morgan fingerprint density at radius 1 is 0.900 bits per heavy atom. The summed E-state index contributed by atoms with van der Waals surface area (Å²) in [6, 6.07) is 22.7. The van der Waals surface area contributed by atoms with Crippen molar-refractivity contribution in [2.45, 2.75) is 13.1 Å². The van der Waals surface area contributed by atoms with Crippen molar-refractivity contribution in [3.05, 3.63) is 94.0 Å². The van der Waals surface area contributed by atoms with Crippen molar-refractivity contribution >= 4 is 39.8 Å². The average molecular weight is 400 g/mol. The Hall–Kier alpha value is -3.26. The Morgan fingerprint density at radius 2 is 1.50 bits per heavy atom. The molecule has 4 aromatic carbocycles. The van der Waals surface area contributed by atoms with E-state index in [9.17, 15) is 20.2 Å². The summed E-state index contributed by atoms with van der Waals surface area (Å²) in [6.07, 6.45) is 0. The second-order valence-electron chi connectivity index (χ2n) is 7.48. The fraction of sp³-hybridized carbons (Fsp3) is 0.130. The molecule has 0 aliphatic heterocycles. The van der Waals surface area contributed by atoms with Crippen LogP contribution in [0.25, 0.3) is 21.5 Å². The molecule has 0 amide bonds. The molecule has 4 aromatic rings. The van der Waals surface area contributed by atoms with Crippen molar-refractivity contribution in [1.29, 1.82) is 0 Å². The first kappa shape index (κ1) is 20.0. The van der Waals surface area contributed by atoms with Crippen molar-refractivity contribution in [1.82, 2.24) is 4.90 Å². The number of hydrogen-bond donors (Lipinski definition) is 2. The van der Waals surface area contributed by atoms with Gasteiger partial charge in [-0.05, 0) is 51.2 Å². The molecule has 0 saturated heterocycles. The summed E-state index contributed by atoms with van der Waals surface area (Å²) in [5.41, 5.74) is 1.89. The van der Waals surface area contributed by atoms with Crippen molar-refractivity contribution in [3.8, 4) is 0 Å². The Balaban J connectivity index is 1.73. The molecule has 0 spiro atoms. The van der Waals surface area contributed by atoms with Gasteiger partial charge in [0.2, 0.25) is 0 Å². The minimum Gasteiger partial charge on any atom is -0.423 e. The van der Waals surface area contributed by atoms with Gasteiger partial charge in [-0.15, -0.1) is 0 Å². The van der Waals surface area contributed by atoms with Crippen LogP contribution in [0.2, 0.25) is 0 Å². The summed E-state index contributed by atoms with van der Waals surface area (Å²) in [5, 5.41) is 35.2. The van der Waals surface area contributed by atoms with E-state index in [0.29, 0.717) is 18.7 Å². The predicted molar refractivity (Wildman–Crippen MR) is 120 cm³/mol. The maximum absolute atomic E-state index is 11.2. The molecule has 0 unspecified atom stereocenters. The van der Waals surface area contributed by atoms with E-state index in [4.69, 9.17) is 0 Å². The lowest BCUT2D eigenvalue weighted by Gasteiger charge is -2.21. The van der Waals surface area contributed by atoms with Crippen LogP contribution in [0.1, 0.15) is 11.1 Å². The van der Waals surface area contributed by atoms with Gasteiger partial charge in [-0.3, -0.25) is 15.0 Å². The van der Waals surface area contributed by atoms with Gasteiger partial charge in [0.1, 0.15) is 0 Å². The predicted octanol–water partition coefficient (Wildman–Crippen LogP) is 3.21. The molecule has 7 heteroatoms. The highest BCUT2D eigenvalue weighted by atomic mass is 16.6. The number of hydrogen-bond acceptors (Lipinski definition) is 5. The molecule has 150 valence electrons. The summed E-state index contributed by atoms with van der Waals surface area (Å²) >= 11 is 0. The van der Waals surface area contributed by atoms with Crippen LogP contribution in [0.3, 0.4) is 0 Å². The maximum atomic E-state index is 11.2. The number of non-ortho nitro benzene ring substituents is 1. The van der Waals surface area contributed by atoms with Crippen LogP contribution in [0.4, 0.5) is 5.69 Å². The van der Waals surface area contributed by atoms with E-state index < -0.39 is 12.0 Å². The summed E-state index contributed by atoms with van der Waals surface area (Å²) < 4.78 is 0. The third kappa shape index (κ3) is 3.91. The number of nitro benzene ring substituents is 1. The molecular formula is C23H21BN2O4. The molecule has 4 rings (SSSR count). The van der Waals surface area contributed by atoms with E-state index in [0.717, 1.165) is 21.5 Å². The van der Waals surface area contributed by atoms with E-state index in [2.05, 4.69) is 30.3 Å². The first-order chi connectivity index (χ1) is 14.4. The number of benzene rings is 4. The fourth-order valence-electron chi connectivity index (χ4n) is 3.99. The molecule has 0 aromatic heterocycles. The van der Waals surface area contributed by atoms with Gasteiger partial charge in [0.05, 0.1) is 4.92 Å². The first-order valence-electron chi connectivity index (χ1n) is 9.65. The third-order valence-corrected chi connectivity index (χ3v) is 5.37. The molecule has 30 heavy (non-hydrogen) atoms. The minimum atomic E-state index is -1.69. The monoisotopic (exact) mass is 400 g/mol. The molecule has 0 heterocycles. The summed E-state index contributed by atoms with van der Waals surface area (Å²) in [5.74, 6) is 0. The topological polar surface area (TPSA) is 86.8 Å². The summed E-state index contributed by atoms with van der Waals surface area (Å²) in [4.78, 5) is 12.7. The normalized spacial score (nSPS) is 11.3. The first-order valence-corrected chi connectivity index (χ1v) is 9.65. The lowest BCUT2D eigenvalue weighted by molar-refractivity contribution is -0.384. The second-order valence-corrected chi connectivity index (χ2v) is 7.48. The second kappa shape index (κ2) is 8.24. The highest BCUT2D eigenvalue weighted by Gasteiger charge is 2.20. The highest BCUT2D eigenvalue weighted by molar-refractivity contribution is 6.59. The van der Waals surface area contributed by atoms with Gasteiger partial charge in [0, 0.05) is 25.2 Å². The Bertz CT molecular complexity index is 1190. The largest absolute Gasteiger partial charge is 0.488 e. The number of fused-ring (bicyclic) bond motifs is 2. The number of nitrogens with zero attached hydrogens (tertiary/aromatic N) is 2. The van der Waals surface area contributed by atoms with E-state index in [1.165, 1.54) is 23.8 Å². The molecule has 0 radical (unpaired) electrons. The Labute approximate surface area is 174 Å². The quantitative estimate of drug-likeness (QED) is 0.225. The molecular weight excluding hydrogens is 379 g/mol. The van der Waals surface area contributed by atoms with Gasteiger partial charge >= 0.3 is 7.12 Å². The smallest absolute Gasteiger partial charge is 0.423 e. The molecule has 6 nitrogen and oxygen atoms in total. The molecule has 0 bridgehead atoms. The van der Waals surface area contributed by atoms with Crippen LogP contribution in [-0.4, -0.2) is 34.0 Å². The van der Waals surface area contributed by atoms with Crippen molar-refractivity contribution in [2.75, 3.05) is 7.05 Å². The Morgan fingerprint density at radius 3 is 2.07 bits per heavy atom. The SMILES string of the molecule is CN(Cc1cc([N+](=O)[O-])ccc1B(O)O)Cc1c2ccccc2cc2ccccc12. The van der Waals surface area contributed by atoms with E-state index >= 15 is 0 Å². The van der Waals surface area contributed by atoms with Crippen LogP contribution in [-0.2, 0) is 13.1 Å². The van der Waals surface area contributed by atoms with Gasteiger partial charge in [0.15, 0.2) is 0 Å². The van der Waals surface area contributed by atoms with Gasteiger partial charge in [-0.1, -0.05) is 54.6 Å². The van der Waals surface area contributed by atoms with Crippen molar-refractivity contribution in [2.24, 2.45) is 0 Å². The van der Waals surface area contributed by atoms with Crippen molar-refractivity contribution < 1.29 is 15.0 Å². The number of rotatable bonds is 6. The van der Waals surface area contributed by atoms with Crippen LogP contribution in [0.5, 0.6) is 0 Å². The lowest BCUT2D eigenvalue weighted by atomic mass is 9.76. The average Bonchev–Trinajstić information content (AvgIpc) is 2.73. The minimum absolute atomic E-state index is 0.0709. The fourth-order valence-corrected chi connectivity index (χ4v) is 3.99. The highest BCUT2D eigenvalue weighted by Crippen LogP contribution is 2.29. The summed E-state index contributed by atoms with van der Waals surface area (Å²) in [7, 11) is 0.232. The molecule has 0 aliphatic rings. The van der Waals surface area contributed by atoms with Gasteiger partial charge in [0.25, 0.3) is 5.69 Å². The van der Waals surface area contributed by atoms with Crippen LogP contribution >= 0.6 is 0 Å².